The van der Waals surface area contributed by atoms with Crippen LogP contribution in [0.5, 0.6) is 0 Å². The molecule has 20 rings (SSSR count). The highest BCUT2D eigenvalue weighted by atomic mass is 32.2. The Morgan fingerprint density at radius 1 is 0.250 bits per heavy atom. The van der Waals surface area contributed by atoms with Crippen molar-refractivity contribution < 1.29 is 53.4 Å². The number of ether oxygens (including phenoxy) is 2. The summed E-state index contributed by atoms with van der Waals surface area (Å²) in [6, 6.07) is 94.9. The van der Waals surface area contributed by atoms with E-state index in [1.54, 1.807) is 67.8 Å². The van der Waals surface area contributed by atoms with E-state index in [-0.39, 0.29) is 85.2 Å². The quantitative estimate of drug-likeness (QED) is 0.0644. The first-order valence-corrected chi connectivity index (χ1v) is 57.3. The Bertz CT molecular complexity index is 6940. The molecule has 0 unspecified atom stereocenters. The fourth-order valence-electron chi connectivity index (χ4n) is 24.2. The van der Waals surface area contributed by atoms with Crippen molar-refractivity contribution in [2.24, 2.45) is 0 Å². The average molecular weight is 2020 g/mol. The summed E-state index contributed by atoms with van der Waals surface area (Å²) >= 11 is 0. The number of aryl methyl sites for hydroxylation is 10. The minimum absolute atomic E-state index is 0.0164. The molecule has 8 aliphatic heterocycles. The predicted octanol–water partition coefficient (Wildman–Crippen LogP) is 20.3. The number of nitrogens with zero attached hydrogens (tertiary/aromatic N) is 8. The number of methoxy groups -OCH3 is 2. The molecule has 24 heteroatoms. The minimum atomic E-state index is -3.59. The third-order valence-electron chi connectivity index (χ3n) is 32.0. The lowest BCUT2D eigenvalue weighted by Gasteiger charge is -2.57. The van der Waals surface area contributed by atoms with Crippen LogP contribution in [0.3, 0.4) is 0 Å². The highest BCUT2D eigenvalue weighted by molar-refractivity contribution is 7.90. The maximum absolute atomic E-state index is 13.7. The van der Waals surface area contributed by atoms with Crippen LogP contribution in [-0.2, 0) is 49.6 Å². The molecular weight excluding hydrogens is 1870 g/mol. The second-order valence-electron chi connectivity index (χ2n) is 41.0. The molecule has 0 spiro atoms. The maximum Gasteiger partial charge on any atom is 0.243 e. The van der Waals surface area contributed by atoms with Crippen molar-refractivity contribution >= 4 is 40.1 Å². The number of hydrogen-bond acceptors (Lipinski definition) is 16. The summed E-state index contributed by atoms with van der Waals surface area (Å²) < 4.78 is 128. The summed E-state index contributed by atoms with van der Waals surface area (Å²) in [4.78, 5) is 11.2. The van der Waals surface area contributed by atoms with E-state index in [1.807, 2.05) is 94.4 Å². The molecule has 0 bridgehead atoms. The normalized spacial score (nSPS) is 23.4. The van der Waals surface area contributed by atoms with E-state index >= 15 is 0 Å². The van der Waals surface area contributed by atoms with Crippen LogP contribution in [0.4, 0.5) is 0 Å². The molecule has 144 heavy (non-hydrogen) atoms. The van der Waals surface area contributed by atoms with Crippen LogP contribution >= 0.6 is 0 Å². The predicted molar refractivity (Wildman–Crippen MR) is 579 cm³/mol. The molecule has 2 N–H and O–H groups in total. The van der Waals surface area contributed by atoms with Crippen molar-refractivity contribution in [2.75, 3.05) is 119 Å². The number of fused-ring (bicyclic) bond motifs is 4. The van der Waals surface area contributed by atoms with Crippen molar-refractivity contribution in [2.45, 2.75) is 212 Å². The summed E-state index contributed by atoms with van der Waals surface area (Å²) in [5, 5.41) is 20.5. The van der Waals surface area contributed by atoms with E-state index in [1.165, 1.54) is 89.0 Å². The van der Waals surface area contributed by atoms with Gasteiger partial charge in [0.25, 0.3) is 0 Å². The molecule has 760 valence electrons. The van der Waals surface area contributed by atoms with Crippen LogP contribution in [-0.4, -0.2) is 248 Å². The van der Waals surface area contributed by atoms with Crippen molar-refractivity contribution in [1.29, 1.82) is 0 Å². The van der Waals surface area contributed by atoms with Gasteiger partial charge in [-0.2, -0.15) is 17.2 Å². The molecule has 0 radical (unpaired) electrons. The lowest BCUT2D eigenvalue weighted by molar-refractivity contribution is -0.0635. The molecule has 12 atom stereocenters. The van der Waals surface area contributed by atoms with Crippen LogP contribution in [0.25, 0.3) is 44.5 Å². The van der Waals surface area contributed by atoms with Gasteiger partial charge in [0, 0.05) is 139 Å². The Kier molecular flexibility index (Phi) is 33.8. The molecule has 8 heterocycles. The summed E-state index contributed by atoms with van der Waals surface area (Å²) in [6.07, 6.45) is 7.18. The summed E-state index contributed by atoms with van der Waals surface area (Å²) in [5.41, 5.74) is 25.2. The van der Waals surface area contributed by atoms with E-state index in [0.29, 0.717) is 85.2 Å². The highest BCUT2D eigenvalue weighted by Gasteiger charge is 2.55. The van der Waals surface area contributed by atoms with E-state index in [9.17, 15) is 43.9 Å². The maximum atomic E-state index is 13.7. The smallest absolute Gasteiger partial charge is 0.243 e. The van der Waals surface area contributed by atoms with Crippen LogP contribution in [0, 0.1) is 69.2 Å². The zero-order chi connectivity index (χ0) is 101. The average Bonchev–Trinajstić information content (AvgIpc) is 0.748. The van der Waals surface area contributed by atoms with Gasteiger partial charge in [-0.1, -0.05) is 266 Å². The van der Waals surface area contributed by atoms with Crippen LogP contribution in [0.15, 0.2) is 299 Å². The Labute approximate surface area is 856 Å². The number of hydrogen-bond donors (Lipinski definition) is 2. The molecule has 8 saturated heterocycles. The largest absolute Gasteiger partial charge is 0.395 e. The number of rotatable bonds is 22. The van der Waals surface area contributed by atoms with Gasteiger partial charge in [0.05, 0.1) is 46.0 Å². The topological polar surface area (TPSA) is 221 Å². The van der Waals surface area contributed by atoms with Crippen LogP contribution < -0.4 is 0 Å². The molecule has 12 aromatic carbocycles. The monoisotopic (exact) mass is 2020 g/mol. The third kappa shape index (κ3) is 22.1. The molecule has 0 aliphatic carbocycles. The fraction of sp³-hybridized carbons (Fsp3) is 0.400. The summed E-state index contributed by atoms with van der Waals surface area (Å²) in [5.74, 6) is 0.637. The van der Waals surface area contributed by atoms with Gasteiger partial charge < -0.3 is 19.7 Å². The first-order chi connectivity index (χ1) is 69.4. The van der Waals surface area contributed by atoms with Gasteiger partial charge in [-0.15, -0.1) is 0 Å². The molecule has 12 aromatic rings. The van der Waals surface area contributed by atoms with Crippen LogP contribution in [0.2, 0.25) is 0 Å². The van der Waals surface area contributed by atoms with E-state index in [4.69, 9.17) is 9.47 Å². The van der Waals surface area contributed by atoms with Gasteiger partial charge in [0.15, 0.2) is 0 Å². The lowest BCUT2D eigenvalue weighted by Crippen LogP contribution is -2.68. The highest BCUT2D eigenvalue weighted by Crippen LogP contribution is 2.50. The Balaban J connectivity index is 0.000000132. The Morgan fingerprint density at radius 2 is 0.465 bits per heavy atom. The van der Waals surface area contributed by atoms with Crippen molar-refractivity contribution in [1.82, 2.24) is 36.8 Å². The van der Waals surface area contributed by atoms with E-state index in [0.717, 1.165) is 111 Å². The van der Waals surface area contributed by atoms with Crippen molar-refractivity contribution in [3.8, 4) is 44.5 Å². The third-order valence-corrected chi connectivity index (χ3v) is 40.1. The number of aliphatic hydroxyl groups is 2. The fourth-order valence-corrected chi connectivity index (χ4v) is 31.1. The molecular formula is C120H144N8O12S4. The molecule has 8 fully saturated rings. The molecule has 8 aliphatic rings. The number of aliphatic hydroxyl groups excluding tert-OH is 2. The van der Waals surface area contributed by atoms with Gasteiger partial charge in [-0.3, -0.25) is 19.6 Å². The van der Waals surface area contributed by atoms with Crippen LogP contribution in [0.1, 0.15) is 153 Å². The van der Waals surface area contributed by atoms with Gasteiger partial charge in [0.2, 0.25) is 40.1 Å². The lowest BCUT2D eigenvalue weighted by atomic mass is 9.74. The van der Waals surface area contributed by atoms with E-state index in [2.05, 4.69) is 237 Å². The zero-order valence-corrected chi connectivity index (χ0v) is 88.9. The molecule has 20 nitrogen and oxygen atoms in total. The molecule has 0 amide bonds. The van der Waals surface area contributed by atoms with Crippen molar-refractivity contribution in [3.63, 3.8) is 0 Å². The van der Waals surface area contributed by atoms with Gasteiger partial charge in [-0.05, 0) is 282 Å². The summed E-state index contributed by atoms with van der Waals surface area (Å²) in [6.45, 7) is 29.5. The summed E-state index contributed by atoms with van der Waals surface area (Å²) in [7, 11) is -10.8. The Morgan fingerprint density at radius 3 is 0.708 bits per heavy atom. The number of sulfonamides is 4. The molecule has 0 saturated carbocycles. The van der Waals surface area contributed by atoms with E-state index < -0.39 is 40.1 Å². The van der Waals surface area contributed by atoms with Gasteiger partial charge in [0.1, 0.15) is 0 Å². The second-order valence-corrected chi connectivity index (χ2v) is 48.6. The van der Waals surface area contributed by atoms with Gasteiger partial charge >= 0.3 is 0 Å². The zero-order valence-electron chi connectivity index (χ0n) is 85.6. The second kappa shape index (κ2) is 46.2. The Hall–Kier alpha value is -10.0. The van der Waals surface area contributed by atoms with Gasteiger partial charge in [-0.25, -0.2) is 33.7 Å². The first-order valence-electron chi connectivity index (χ1n) is 51.6. The SMILES string of the molecule is COC[C@@H]1[C@@H](c2ccc(-c3cc(C)ccc3C)cc2)[C@@H]2CN(S(=O)(=O)c3ccccc3C)CCCCN12.COC[C@@H]1[C@@H](c2ccc(-c3ccccc3C)cc2)[C@@H]2CN(S(=O)(=O)c3ccccc3C)CCCCN12.Cc1ccc(C)c(-c2ccc([C@@H]3[C@@H](CO)N4CCCCN(S(=O)(=O)c5ccccc5C)C[C@@H]34)cc2)c1.Cc1ccccc1-c1ccc([C@@H]2[C@@H](CO)N3CCCCN(S(=O)(=O)c4ccccc4C)C[C@@H]23)cc1. The standard InChI is InChI=1S/C31H38N2O3S.2C30H36N2O3S.C29H34N2O3S/c1-22-11-12-23(2)27(19-22)25-13-15-26(16-14-25)31-28-20-32(17-7-8-18-33(28)29(31)21-36-4)37(34,35)30-10-6-5-9-24(30)3;1-22-10-4-6-12-26(22)24-14-16-25(17-15-24)30-27-20-31(18-8-9-19-32(27)28(30)21-35-3)36(33,34)29-13-7-5-11-23(29)2;1-21-10-11-22(2)26(18-21)24-12-14-25(15-13-24)30-27-19-31(16-6-7-17-32(27)28(30)20-33)36(34,35)29-9-5-4-8-23(29)3;1-21-9-3-5-11-25(21)23-13-15-24(16-14-23)29-26-19-30(17-7-8-18-31(26)27(29)20-32)35(33,34)28-12-6-4-10-22(28)2/h5-6,9-16,19,28-29,31H,7-8,17-18,20-21H2,1-4H3;4-7,10-17,27-28,30H,8-9,18-21H2,1-3H3;4-5,8-15,18,27-28,30,33H,6-7,16-17,19-20H2,1-3H3;3-6,9-16,26-27,29,32H,7-8,17-20H2,1-2H3/t28-,29+,31-;2*27-,28+,30-;26-,27+,29-/m0000/s1. The van der Waals surface area contributed by atoms with Crippen molar-refractivity contribution in [3.05, 3.63) is 357 Å². The number of benzene rings is 12. The molecule has 0 aromatic heterocycles. The first kappa shape index (κ1) is 105. The minimum Gasteiger partial charge on any atom is -0.395 e.